The summed E-state index contributed by atoms with van der Waals surface area (Å²) in [6, 6.07) is 0.385. The zero-order valence-electron chi connectivity index (χ0n) is 7.76. The third kappa shape index (κ3) is 3.50. The van der Waals surface area contributed by atoms with E-state index in [1.165, 1.54) is 0 Å². The van der Waals surface area contributed by atoms with Gasteiger partial charge in [-0.2, -0.15) is 0 Å². The Hall–Kier alpha value is -0.320. The Morgan fingerprint density at radius 2 is 2.23 bits per heavy atom. The van der Waals surface area contributed by atoms with Crippen molar-refractivity contribution in [3.63, 3.8) is 0 Å². The van der Waals surface area contributed by atoms with Gasteiger partial charge >= 0.3 is 0 Å². The van der Waals surface area contributed by atoms with Crippen molar-refractivity contribution >= 4 is 16.9 Å². The van der Waals surface area contributed by atoms with E-state index >= 15 is 0 Å². The van der Waals surface area contributed by atoms with Crippen molar-refractivity contribution in [3.05, 3.63) is 0 Å². The predicted molar refractivity (Wildman–Crippen MR) is 52.6 cm³/mol. The van der Waals surface area contributed by atoms with Gasteiger partial charge in [0.25, 0.3) is 0 Å². The highest BCUT2D eigenvalue weighted by Crippen LogP contribution is 2.22. The van der Waals surface area contributed by atoms with E-state index in [0.29, 0.717) is 11.3 Å². The highest BCUT2D eigenvalue weighted by molar-refractivity contribution is 8.14. The summed E-state index contributed by atoms with van der Waals surface area (Å²) in [7, 11) is 0. The summed E-state index contributed by atoms with van der Waals surface area (Å²) in [5.41, 5.74) is 0. The van der Waals surface area contributed by atoms with E-state index in [0.717, 1.165) is 5.17 Å². The van der Waals surface area contributed by atoms with E-state index in [9.17, 15) is 8.78 Å². The van der Waals surface area contributed by atoms with Gasteiger partial charge in [0.15, 0.2) is 5.17 Å². The number of hydrogen-bond acceptors (Lipinski definition) is 2. The lowest BCUT2D eigenvalue weighted by molar-refractivity contribution is 0.141. The molecule has 0 aliphatic carbocycles. The summed E-state index contributed by atoms with van der Waals surface area (Å²) in [4.78, 5) is 4.05. The van der Waals surface area contributed by atoms with E-state index in [1.807, 2.05) is 0 Å². The second-order valence-electron chi connectivity index (χ2n) is 3.12. The molecule has 0 radical (unpaired) electrons. The number of alkyl halides is 2. The fraction of sp³-hybridized carbons (Fsp3) is 0.875. The molecule has 0 aromatic carbocycles. The summed E-state index contributed by atoms with van der Waals surface area (Å²) >= 11 is 1.62. The van der Waals surface area contributed by atoms with E-state index in [1.54, 1.807) is 11.8 Å². The highest BCUT2D eigenvalue weighted by Gasteiger charge is 2.23. The van der Waals surface area contributed by atoms with Gasteiger partial charge in [-0.3, -0.25) is 4.99 Å². The van der Waals surface area contributed by atoms with Crippen LogP contribution in [0.2, 0.25) is 0 Å². The molecule has 76 valence electrons. The minimum absolute atomic E-state index is 0.144. The molecule has 13 heavy (non-hydrogen) atoms. The fourth-order valence-corrected chi connectivity index (χ4v) is 2.01. The Morgan fingerprint density at radius 3 is 2.69 bits per heavy atom. The number of rotatable bonds is 3. The van der Waals surface area contributed by atoms with Crippen LogP contribution in [0, 0.1) is 0 Å². The molecule has 1 aliphatic rings. The molecule has 0 amide bonds. The lowest BCUT2D eigenvalue weighted by atomic mass is 10.3. The Bertz CT molecular complexity index is 185. The molecule has 0 spiro atoms. The van der Waals surface area contributed by atoms with Crippen LogP contribution in [0.5, 0.6) is 0 Å². The quantitative estimate of drug-likeness (QED) is 0.768. The number of aliphatic imine (C=N–C) groups is 1. The molecule has 1 fully saturated rings. The molecular weight excluding hydrogens is 194 g/mol. The Labute approximate surface area is 81.2 Å². The van der Waals surface area contributed by atoms with Gasteiger partial charge in [0.1, 0.15) is 0 Å². The molecule has 2 nitrogen and oxygen atoms in total. The minimum Gasteiger partial charge on any atom is -0.361 e. The average molecular weight is 208 g/mol. The summed E-state index contributed by atoms with van der Waals surface area (Å²) in [6.45, 7) is 4.37. The summed E-state index contributed by atoms with van der Waals surface area (Å²) in [5, 5.41) is 4.43. The number of thioether (sulfide) groups is 1. The Morgan fingerprint density at radius 1 is 1.54 bits per heavy atom. The molecule has 1 rings (SSSR count). The molecule has 2 unspecified atom stereocenters. The zero-order valence-corrected chi connectivity index (χ0v) is 8.57. The van der Waals surface area contributed by atoms with E-state index in [2.05, 4.69) is 24.2 Å². The van der Waals surface area contributed by atoms with Gasteiger partial charge in [0, 0.05) is 24.3 Å². The first-order valence-corrected chi connectivity index (χ1v) is 5.23. The second-order valence-corrected chi connectivity index (χ2v) is 4.49. The van der Waals surface area contributed by atoms with Crippen molar-refractivity contribution in [3.8, 4) is 0 Å². The Kier molecular flexibility index (Phi) is 3.96. The Balaban J connectivity index is 2.29. The van der Waals surface area contributed by atoms with Gasteiger partial charge in [0.2, 0.25) is 6.43 Å². The van der Waals surface area contributed by atoms with Crippen LogP contribution in [0.15, 0.2) is 4.99 Å². The van der Waals surface area contributed by atoms with Gasteiger partial charge in [-0.25, -0.2) is 8.78 Å². The molecule has 0 aromatic rings. The minimum atomic E-state index is -2.24. The van der Waals surface area contributed by atoms with Gasteiger partial charge < -0.3 is 5.32 Å². The molecular formula is C8H14F2N2S. The van der Waals surface area contributed by atoms with Gasteiger partial charge in [-0.05, 0) is 6.92 Å². The number of amidine groups is 1. The van der Waals surface area contributed by atoms with Crippen LogP contribution in [0.3, 0.4) is 0 Å². The summed E-state index contributed by atoms with van der Waals surface area (Å²) in [5.74, 6) is 0. The highest BCUT2D eigenvalue weighted by atomic mass is 32.2. The number of nitrogens with zero attached hydrogens (tertiary/aromatic N) is 1. The third-order valence-electron chi connectivity index (χ3n) is 1.96. The van der Waals surface area contributed by atoms with Crippen LogP contribution >= 0.6 is 11.8 Å². The van der Waals surface area contributed by atoms with Crippen LogP contribution < -0.4 is 5.32 Å². The van der Waals surface area contributed by atoms with Crippen LogP contribution in [0.1, 0.15) is 20.3 Å². The SMILES string of the molecule is CC1NC(=NCCC(F)F)SC1C. The van der Waals surface area contributed by atoms with Crippen LogP contribution in [-0.4, -0.2) is 29.4 Å². The largest absolute Gasteiger partial charge is 0.361 e. The first-order valence-electron chi connectivity index (χ1n) is 4.35. The number of halogens is 2. The van der Waals surface area contributed by atoms with E-state index < -0.39 is 6.43 Å². The maximum atomic E-state index is 11.8. The number of hydrogen-bond donors (Lipinski definition) is 1. The third-order valence-corrected chi connectivity index (χ3v) is 3.21. The van der Waals surface area contributed by atoms with Crippen molar-refractivity contribution in [2.75, 3.05) is 6.54 Å². The maximum Gasteiger partial charge on any atom is 0.240 e. The summed E-state index contributed by atoms with van der Waals surface area (Å²) < 4.78 is 23.5. The van der Waals surface area contributed by atoms with Crippen molar-refractivity contribution in [2.24, 2.45) is 4.99 Å². The maximum absolute atomic E-state index is 11.8. The standard InChI is InChI=1S/C8H14F2N2S/c1-5-6(2)13-8(12-5)11-4-3-7(9)10/h5-7H,3-4H2,1-2H3,(H,11,12). The second kappa shape index (κ2) is 4.79. The van der Waals surface area contributed by atoms with Crippen LogP contribution in [-0.2, 0) is 0 Å². The normalized spacial score (nSPS) is 31.3. The molecule has 1 saturated heterocycles. The first kappa shape index (κ1) is 10.8. The zero-order chi connectivity index (χ0) is 9.84. The fourth-order valence-electron chi connectivity index (χ4n) is 0.971. The first-order chi connectivity index (χ1) is 6.09. The molecule has 1 heterocycles. The van der Waals surface area contributed by atoms with Crippen molar-refractivity contribution in [1.82, 2.24) is 5.32 Å². The predicted octanol–water partition coefficient (Wildman–Crippen LogP) is 2.11. The van der Waals surface area contributed by atoms with Crippen molar-refractivity contribution < 1.29 is 8.78 Å². The molecule has 0 saturated carbocycles. The molecule has 5 heteroatoms. The lowest BCUT2D eigenvalue weighted by Gasteiger charge is -2.04. The smallest absolute Gasteiger partial charge is 0.240 e. The van der Waals surface area contributed by atoms with Gasteiger partial charge in [0.05, 0.1) is 0 Å². The monoisotopic (exact) mass is 208 g/mol. The van der Waals surface area contributed by atoms with Crippen LogP contribution in [0.4, 0.5) is 8.78 Å². The topological polar surface area (TPSA) is 24.4 Å². The molecule has 2 atom stereocenters. The van der Waals surface area contributed by atoms with E-state index in [-0.39, 0.29) is 13.0 Å². The average Bonchev–Trinajstić information content (AvgIpc) is 2.30. The summed E-state index contributed by atoms with van der Waals surface area (Å²) in [6.07, 6.45) is -2.39. The molecule has 1 aliphatic heterocycles. The van der Waals surface area contributed by atoms with Crippen LogP contribution in [0.25, 0.3) is 0 Å². The van der Waals surface area contributed by atoms with Gasteiger partial charge in [-0.15, -0.1) is 0 Å². The van der Waals surface area contributed by atoms with Crippen molar-refractivity contribution in [1.29, 1.82) is 0 Å². The van der Waals surface area contributed by atoms with Gasteiger partial charge in [-0.1, -0.05) is 18.7 Å². The molecule has 1 N–H and O–H groups in total. The molecule has 0 bridgehead atoms. The van der Waals surface area contributed by atoms with Crippen molar-refractivity contribution in [2.45, 2.75) is 38.0 Å². The van der Waals surface area contributed by atoms with E-state index in [4.69, 9.17) is 0 Å². The molecule has 0 aromatic heterocycles. The lowest BCUT2D eigenvalue weighted by Crippen LogP contribution is -2.26. The number of nitrogens with one attached hydrogen (secondary N) is 1.